The minimum Gasteiger partial charge on any atom is -0.368 e. The minimum absolute atomic E-state index is 0.0302. The van der Waals surface area contributed by atoms with Crippen LogP contribution in [0.2, 0.25) is 0 Å². The Morgan fingerprint density at radius 3 is 2.22 bits per heavy atom. The molecule has 6 heteroatoms. The SMILES string of the molecule is CC(C)CNC1(C(N)=O)CCC(C(F)(F)F)CC1. The molecule has 0 bridgehead atoms. The van der Waals surface area contributed by atoms with Crippen LogP contribution < -0.4 is 11.1 Å². The van der Waals surface area contributed by atoms with E-state index in [9.17, 15) is 18.0 Å². The summed E-state index contributed by atoms with van der Waals surface area (Å²) in [5, 5.41) is 3.06. The molecule has 0 aromatic carbocycles. The van der Waals surface area contributed by atoms with E-state index in [-0.39, 0.29) is 25.7 Å². The average Bonchev–Trinajstić information content (AvgIpc) is 2.25. The summed E-state index contributed by atoms with van der Waals surface area (Å²) < 4.78 is 37.7. The van der Waals surface area contributed by atoms with Gasteiger partial charge in [0.25, 0.3) is 0 Å². The van der Waals surface area contributed by atoms with Crippen molar-refractivity contribution in [2.24, 2.45) is 17.6 Å². The number of carbonyl (C=O) groups excluding carboxylic acids is 1. The predicted molar refractivity (Wildman–Crippen MR) is 62.8 cm³/mol. The molecule has 1 rings (SSSR count). The number of primary amides is 1. The van der Waals surface area contributed by atoms with Crippen molar-refractivity contribution in [3.05, 3.63) is 0 Å². The number of carbonyl (C=O) groups is 1. The lowest BCUT2D eigenvalue weighted by atomic mass is 9.75. The number of hydrogen-bond donors (Lipinski definition) is 2. The second-order valence-corrected chi connectivity index (χ2v) is 5.54. The molecule has 3 nitrogen and oxygen atoms in total. The van der Waals surface area contributed by atoms with Crippen molar-refractivity contribution in [1.29, 1.82) is 0 Å². The van der Waals surface area contributed by atoms with Crippen LogP contribution in [0.1, 0.15) is 39.5 Å². The van der Waals surface area contributed by atoms with Gasteiger partial charge in [0.05, 0.1) is 11.5 Å². The molecular weight excluding hydrogens is 245 g/mol. The Balaban J connectivity index is 2.66. The summed E-state index contributed by atoms with van der Waals surface area (Å²) in [5.41, 5.74) is 4.41. The van der Waals surface area contributed by atoms with Gasteiger partial charge in [-0.15, -0.1) is 0 Å². The quantitative estimate of drug-likeness (QED) is 0.819. The highest BCUT2D eigenvalue weighted by Crippen LogP contribution is 2.41. The fourth-order valence-electron chi connectivity index (χ4n) is 2.35. The maximum absolute atomic E-state index is 12.6. The number of hydrogen-bond acceptors (Lipinski definition) is 2. The van der Waals surface area contributed by atoms with Crippen molar-refractivity contribution in [3.63, 3.8) is 0 Å². The third-order valence-corrected chi connectivity index (χ3v) is 3.62. The fraction of sp³-hybridized carbons (Fsp3) is 0.917. The molecule has 0 radical (unpaired) electrons. The molecule has 1 fully saturated rings. The Hall–Kier alpha value is -0.780. The van der Waals surface area contributed by atoms with E-state index in [4.69, 9.17) is 5.73 Å². The van der Waals surface area contributed by atoms with Crippen LogP contribution in [-0.4, -0.2) is 24.2 Å². The zero-order valence-corrected chi connectivity index (χ0v) is 10.8. The highest BCUT2D eigenvalue weighted by atomic mass is 19.4. The lowest BCUT2D eigenvalue weighted by Crippen LogP contribution is -2.58. The minimum atomic E-state index is -4.16. The second kappa shape index (κ2) is 5.47. The van der Waals surface area contributed by atoms with E-state index in [0.717, 1.165) is 0 Å². The van der Waals surface area contributed by atoms with E-state index < -0.39 is 23.5 Å². The number of amides is 1. The summed E-state index contributed by atoms with van der Waals surface area (Å²) in [6.07, 6.45) is -3.89. The predicted octanol–water partition coefficient (Wildman–Crippen LogP) is 2.21. The molecule has 0 atom stereocenters. The van der Waals surface area contributed by atoms with E-state index >= 15 is 0 Å². The van der Waals surface area contributed by atoms with Gasteiger partial charge < -0.3 is 11.1 Å². The first-order valence-electron chi connectivity index (χ1n) is 6.29. The van der Waals surface area contributed by atoms with Crippen molar-refractivity contribution in [2.45, 2.75) is 51.2 Å². The first-order chi connectivity index (χ1) is 8.17. The van der Waals surface area contributed by atoms with Gasteiger partial charge in [0.15, 0.2) is 0 Å². The Morgan fingerprint density at radius 2 is 1.89 bits per heavy atom. The summed E-state index contributed by atoms with van der Waals surface area (Å²) >= 11 is 0. The summed E-state index contributed by atoms with van der Waals surface area (Å²) in [7, 11) is 0. The van der Waals surface area contributed by atoms with E-state index in [2.05, 4.69) is 5.32 Å². The molecule has 0 aromatic rings. The van der Waals surface area contributed by atoms with Crippen molar-refractivity contribution in [2.75, 3.05) is 6.54 Å². The first-order valence-corrected chi connectivity index (χ1v) is 6.29. The number of alkyl halides is 3. The molecule has 1 aliphatic rings. The van der Waals surface area contributed by atoms with Gasteiger partial charge in [-0.05, 0) is 38.1 Å². The molecule has 0 aromatic heterocycles. The van der Waals surface area contributed by atoms with Gasteiger partial charge in [-0.1, -0.05) is 13.8 Å². The molecule has 0 heterocycles. The van der Waals surface area contributed by atoms with Crippen LogP contribution in [0.5, 0.6) is 0 Å². The molecule has 106 valence electrons. The third kappa shape index (κ3) is 3.60. The number of nitrogens with one attached hydrogen (secondary N) is 1. The molecule has 1 aliphatic carbocycles. The third-order valence-electron chi connectivity index (χ3n) is 3.62. The lowest BCUT2D eigenvalue weighted by molar-refractivity contribution is -0.186. The maximum Gasteiger partial charge on any atom is 0.391 e. The van der Waals surface area contributed by atoms with E-state index in [1.54, 1.807) is 0 Å². The molecule has 0 spiro atoms. The van der Waals surface area contributed by atoms with Crippen LogP contribution >= 0.6 is 0 Å². The van der Waals surface area contributed by atoms with Gasteiger partial charge in [-0.3, -0.25) is 4.79 Å². The number of halogens is 3. The largest absolute Gasteiger partial charge is 0.391 e. The molecule has 0 unspecified atom stereocenters. The van der Waals surface area contributed by atoms with E-state index in [1.807, 2.05) is 13.8 Å². The Bertz CT molecular complexity index is 294. The average molecular weight is 266 g/mol. The fourth-order valence-corrected chi connectivity index (χ4v) is 2.35. The smallest absolute Gasteiger partial charge is 0.368 e. The van der Waals surface area contributed by atoms with Gasteiger partial charge in [0.1, 0.15) is 0 Å². The lowest BCUT2D eigenvalue weighted by Gasteiger charge is -2.39. The van der Waals surface area contributed by atoms with Gasteiger partial charge >= 0.3 is 6.18 Å². The second-order valence-electron chi connectivity index (χ2n) is 5.54. The van der Waals surface area contributed by atoms with Gasteiger partial charge in [-0.2, -0.15) is 13.2 Å². The molecule has 3 N–H and O–H groups in total. The van der Waals surface area contributed by atoms with Gasteiger partial charge in [-0.25, -0.2) is 0 Å². The Labute approximate surface area is 105 Å². The zero-order valence-electron chi connectivity index (χ0n) is 10.8. The molecule has 1 saturated carbocycles. The Morgan fingerprint density at radius 1 is 1.39 bits per heavy atom. The van der Waals surface area contributed by atoms with Crippen LogP contribution in [-0.2, 0) is 4.79 Å². The Kier molecular flexibility index (Phi) is 4.64. The highest BCUT2D eigenvalue weighted by molar-refractivity contribution is 5.84. The maximum atomic E-state index is 12.6. The molecule has 0 aliphatic heterocycles. The monoisotopic (exact) mass is 266 g/mol. The topological polar surface area (TPSA) is 55.1 Å². The van der Waals surface area contributed by atoms with Crippen molar-refractivity contribution in [3.8, 4) is 0 Å². The van der Waals surface area contributed by atoms with E-state index in [1.165, 1.54) is 0 Å². The summed E-state index contributed by atoms with van der Waals surface area (Å²) in [6, 6.07) is 0. The summed E-state index contributed by atoms with van der Waals surface area (Å²) in [6.45, 7) is 4.53. The van der Waals surface area contributed by atoms with Crippen LogP contribution in [0, 0.1) is 11.8 Å². The number of nitrogens with two attached hydrogens (primary N) is 1. The molecular formula is C12H21F3N2O. The van der Waals surface area contributed by atoms with Crippen LogP contribution in [0.3, 0.4) is 0 Å². The highest BCUT2D eigenvalue weighted by Gasteiger charge is 2.47. The van der Waals surface area contributed by atoms with Crippen molar-refractivity contribution in [1.82, 2.24) is 5.32 Å². The molecule has 18 heavy (non-hydrogen) atoms. The summed E-state index contributed by atoms with van der Waals surface area (Å²) in [4.78, 5) is 11.5. The van der Waals surface area contributed by atoms with Crippen LogP contribution in [0.25, 0.3) is 0 Å². The molecule has 1 amide bonds. The van der Waals surface area contributed by atoms with Crippen molar-refractivity contribution >= 4 is 5.91 Å². The van der Waals surface area contributed by atoms with Gasteiger partial charge in [0, 0.05) is 0 Å². The first kappa shape index (κ1) is 15.3. The molecule has 0 saturated heterocycles. The van der Waals surface area contributed by atoms with Gasteiger partial charge in [0.2, 0.25) is 5.91 Å². The van der Waals surface area contributed by atoms with E-state index in [0.29, 0.717) is 12.5 Å². The van der Waals surface area contributed by atoms with Crippen molar-refractivity contribution < 1.29 is 18.0 Å². The summed E-state index contributed by atoms with van der Waals surface area (Å²) in [5.74, 6) is -1.52. The number of rotatable bonds is 4. The van der Waals surface area contributed by atoms with Crippen LogP contribution in [0.4, 0.5) is 13.2 Å². The van der Waals surface area contributed by atoms with Crippen LogP contribution in [0.15, 0.2) is 0 Å². The standard InChI is InChI=1S/C12H21F3N2O/c1-8(2)7-17-11(10(16)18)5-3-9(4-6-11)12(13,14)15/h8-9,17H,3-7H2,1-2H3,(H2,16,18). The zero-order chi connectivity index (χ0) is 14.0. The normalized spacial score (nSPS) is 29.6.